The van der Waals surface area contributed by atoms with Gasteiger partial charge in [-0.1, -0.05) is 23.9 Å². The van der Waals surface area contributed by atoms with E-state index < -0.39 is 11.2 Å². The fraction of sp³-hybridized carbons (Fsp3) is 0.367. The third kappa shape index (κ3) is 6.29. The lowest BCUT2D eigenvalue weighted by atomic mass is 9.95. The summed E-state index contributed by atoms with van der Waals surface area (Å²) in [6.45, 7) is 7.91. The summed E-state index contributed by atoms with van der Waals surface area (Å²) in [6, 6.07) is 9.29. The van der Waals surface area contributed by atoms with E-state index in [1.807, 2.05) is 36.6 Å². The minimum atomic E-state index is -0.571. The van der Waals surface area contributed by atoms with Gasteiger partial charge in [0, 0.05) is 4.88 Å². The summed E-state index contributed by atoms with van der Waals surface area (Å²) in [5, 5.41) is 15.1. The summed E-state index contributed by atoms with van der Waals surface area (Å²) >= 11 is 2.71. The predicted octanol–water partition coefficient (Wildman–Crippen LogP) is 5.64. The Morgan fingerprint density at radius 1 is 1.17 bits per heavy atom. The number of hydrogen-bond acceptors (Lipinski definition) is 9. The molecule has 0 spiro atoms. The minimum Gasteiger partial charge on any atom is -0.462 e. The molecule has 0 fully saturated rings. The van der Waals surface area contributed by atoms with E-state index in [4.69, 9.17) is 9.15 Å². The van der Waals surface area contributed by atoms with Gasteiger partial charge in [-0.15, -0.1) is 21.5 Å². The van der Waals surface area contributed by atoms with Crippen LogP contribution >= 0.6 is 23.1 Å². The molecule has 0 saturated heterocycles. The van der Waals surface area contributed by atoms with Crippen LogP contribution in [0.3, 0.4) is 0 Å². The Hall–Kier alpha value is -3.90. The Bertz CT molecular complexity index is 1610. The van der Waals surface area contributed by atoms with Crippen molar-refractivity contribution in [1.29, 1.82) is 0 Å². The quantitative estimate of drug-likeness (QED) is 0.175. The molecular formula is C30H33N5O5S2. The second-order valence-electron chi connectivity index (χ2n) is 10.1. The lowest BCUT2D eigenvalue weighted by Crippen LogP contribution is -2.25. The van der Waals surface area contributed by atoms with E-state index in [-0.39, 0.29) is 30.7 Å². The van der Waals surface area contributed by atoms with Crippen molar-refractivity contribution in [1.82, 2.24) is 20.1 Å². The van der Waals surface area contributed by atoms with Gasteiger partial charge in [0.05, 0.1) is 35.9 Å². The third-order valence-electron chi connectivity index (χ3n) is 7.00. The zero-order valence-corrected chi connectivity index (χ0v) is 25.6. The molecule has 0 radical (unpaired) electrons. The van der Waals surface area contributed by atoms with Crippen LogP contribution in [0.4, 0.5) is 5.00 Å². The molecule has 0 saturated carbocycles. The minimum absolute atomic E-state index is 0.102. The van der Waals surface area contributed by atoms with Gasteiger partial charge in [0.2, 0.25) is 5.91 Å². The number of aromatic nitrogens is 3. The standard InChI is InChI=1S/C30H33N5O5S2/c1-5-39-29(38)25-20-9-6-7-11-23(20)42-28(25)32-26(36)19(4)41-30-34-33-24(16-31-27(37)22-10-8-14-40-22)35(30)21-15-17(2)12-13-18(21)3/h8,10,12-15,19H,5-7,9,11,16H2,1-4H3,(H,31,37)(H,32,36)/t19-/m0/s1. The number of aryl methyl sites for hydroxylation is 3. The van der Waals surface area contributed by atoms with Gasteiger partial charge >= 0.3 is 5.97 Å². The summed E-state index contributed by atoms with van der Waals surface area (Å²) in [5.41, 5.74) is 4.37. The summed E-state index contributed by atoms with van der Waals surface area (Å²) in [7, 11) is 0. The van der Waals surface area contributed by atoms with Crippen LogP contribution in [-0.2, 0) is 28.9 Å². The van der Waals surface area contributed by atoms with E-state index in [2.05, 4.69) is 20.8 Å². The second-order valence-corrected chi connectivity index (χ2v) is 12.5. The van der Waals surface area contributed by atoms with Crippen molar-refractivity contribution in [2.45, 2.75) is 70.3 Å². The van der Waals surface area contributed by atoms with E-state index in [0.29, 0.717) is 21.5 Å². The number of nitrogens with one attached hydrogen (secondary N) is 2. The number of ether oxygens (including phenoxy) is 1. The highest BCUT2D eigenvalue weighted by Gasteiger charge is 2.29. The number of furan rings is 1. The topological polar surface area (TPSA) is 128 Å². The van der Waals surface area contributed by atoms with Crippen LogP contribution in [0.25, 0.3) is 5.69 Å². The lowest BCUT2D eigenvalue weighted by molar-refractivity contribution is -0.115. The number of carbonyl (C=O) groups is 3. The van der Waals surface area contributed by atoms with Gasteiger partial charge in [-0.3, -0.25) is 14.2 Å². The first-order valence-corrected chi connectivity index (χ1v) is 15.6. The number of nitrogens with zero attached hydrogens (tertiary/aromatic N) is 3. The molecule has 1 aliphatic carbocycles. The number of rotatable bonds is 10. The number of carbonyl (C=O) groups excluding carboxylic acids is 3. The number of thiophene rings is 1. The molecule has 220 valence electrons. The number of esters is 1. The molecule has 2 amide bonds. The van der Waals surface area contributed by atoms with Crippen LogP contribution in [0, 0.1) is 13.8 Å². The fourth-order valence-electron chi connectivity index (χ4n) is 4.85. The number of thioether (sulfide) groups is 1. The highest BCUT2D eigenvalue weighted by Crippen LogP contribution is 2.39. The normalized spacial score (nSPS) is 13.3. The van der Waals surface area contributed by atoms with E-state index in [0.717, 1.165) is 52.9 Å². The van der Waals surface area contributed by atoms with Crippen molar-refractivity contribution in [2.24, 2.45) is 0 Å². The van der Waals surface area contributed by atoms with Crippen molar-refractivity contribution in [3.63, 3.8) is 0 Å². The van der Waals surface area contributed by atoms with Crippen molar-refractivity contribution in [3.8, 4) is 5.69 Å². The molecule has 0 unspecified atom stereocenters. The Labute approximate surface area is 252 Å². The molecule has 2 N–H and O–H groups in total. The molecule has 0 aliphatic heterocycles. The van der Waals surface area contributed by atoms with Crippen LogP contribution in [0.1, 0.15) is 75.0 Å². The van der Waals surface area contributed by atoms with E-state index in [9.17, 15) is 14.4 Å². The van der Waals surface area contributed by atoms with Gasteiger partial charge in [-0.05, 0) is 88.3 Å². The summed E-state index contributed by atoms with van der Waals surface area (Å²) < 4.78 is 12.4. The van der Waals surface area contributed by atoms with Crippen molar-refractivity contribution < 1.29 is 23.5 Å². The zero-order chi connectivity index (χ0) is 29.8. The molecule has 10 nitrogen and oxygen atoms in total. The average Bonchev–Trinajstić information content (AvgIpc) is 3.72. The molecule has 12 heteroatoms. The first kappa shape index (κ1) is 29.6. The number of amides is 2. The van der Waals surface area contributed by atoms with E-state index in [1.54, 1.807) is 26.0 Å². The summed E-state index contributed by atoms with van der Waals surface area (Å²) in [4.78, 5) is 40.0. The summed E-state index contributed by atoms with van der Waals surface area (Å²) in [5.74, 6) is -0.316. The Balaban J connectivity index is 1.39. The van der Waals surface area contributed by atoms with Crippen LogP contribution in [0.2, 0.25) is 0 Å². The van der Waals surface area contributed by atoms with Crippen molar-refractivity contribution in [3.05, 3.63) is 75.3 Å². The van der Waals surface area contributed by atoms with Crippen LogP contribution in [0.15, 0.2) is 46.2 Å². The highest BCUT2D eigenvalue weighted by atomic mass is 32.2. The average molecular weight is 608 g/mol. The lowest BCUT2D eigenvalue weighted by Gasteiger charge is -2.16. The monoisotopic (exact) mass is 607 g/mol. The molecule has 1 aromatic carbocycles. The Kier molecular flexibility index (Phi) is 9.12. The van der Waals surface area contributed by atoms with Gasteiger partial charge in [0.15, 0.2) is 16.7 Å². The van der Waals surface area contributed by atoms with Gasteiger partial charge in [-0.25, -0.2) is 4.79 Å². The third-order valence-corrected chi connectivity index (χ3v) is 9.25. The Morgan fingerprint density at radius 3 is 2.74 bits per heavy atom. The molecule has 3 aromatic heterocycles. The highest BCUT2D eigenvalue weighted by molar-refractivity contribution is 8.00. The number of fused-ring (bicyclic) bond motifs is 1. The van der Waals surface area contributed by atoms with Crippen LogP contribution in [-0.4, -0.2) is 44.4 Å². The van der Waals surface area contributed by atoms with E-state index >= 15 is 0 Å². The SMILES string of the molecule is CCOC(=O)c1c(NC(=O)[C@H](C)Sc2nnc(CNC(=O)c3ccco3)n2-c2cc(C)ccc2C)sc2c1CCCC2. The smallest absolute Gasteiger partial charge is 0.341 e. The van der Waals surface area contributed by atoms with Crippen LogP contribution < -0.4 is 10.6 Å². The van der Waals surface area contributed by atoms with Crippen molar-refractivity contribution >= 4 is 45.9 Å². The molecule has 1 aliphatic rings. The first-order valence-electron chi connectivity index (χ1n) is 13.9. The number of benzene rings is 1. The molecule has 4 aromatic rings. The molecule has 3 heterocycles. The van der Waals surface area contributed by atoms with Gasteiger partial charge in [0.1, 0.15) is 5.00 Å². The number of anilines is 1. The Morgan fingerprint density at radius 2 is 1.98 bits per heavy atom. The molecule has 5 rings (SSSR count). The fourth-order valence-corrected chi connectivity index (χ4v) is 7.01. The van der Waals surface area contributed by atoms with Crippen molar-refractivity contribution in [2.75, 3.05) is 11.9 Å². The molecule has 1 atom stereocenters. The maximum Gasteiger partial charge on any atom is 0.341 e. The number of hydrogen-bond donors (Lipinski definition) is 2. The first-order chi connectivity index (χ1) is 20.3. The van der Waals surface area contributed by atoms with Gasteiger partial charge in [0.25, 0.3) is 5.91 Å². The molecule has 42 heavy (non-hydrogen) atoms. The van der Waals surface area contributed by atoms with E-state index in [1.165, 1.54) is 29.4 Å². The van der Waals surface area contributed by atoms with Crippen LogP contribution in [0.5, 0.6) is 0 Å². The largest absolute Gasteiger partial charge is 0.462 e. The predicted molar refractivity (Wildman–Crippen MR) is 162 cm³/mol. The second kappa shape index (κ2) is 13.0. The van der Waals surface area contributed by atoms with Gasteiger partial charge in [-0.2, -0.15) is 0 Å². The van der Waals surface area contributed by atoms with Gasteiger partial charge < -0.3 is 19.8 Å². The molecular weight excluding hydrogens is 574 g/mol. The maximum atomic E-state index is 13.5. The maximum absolute atomic E-state index is 13.5. The molecule has 0 bridgehead atoms. The zero-order valence-electron chi connectivity index (χ0n) is 24.0. The summed E-state index contributed by atoms with van der Waals surface area (Å²) in [6.07, 6.45) is 5.21.